The van der Waals surface area contributed by atoms with Gasteiger partial charge in [-0.25, -0.2) is 4.39 Å². The average molecular weight is 385 g/mol. The normalized spacial score (nSPS) is 11.8. The molecule has 0 saturated heterocycles. The van der Waals surface area contributed by atoms with Crippen LogP contribution >= 0.6 is 11.8 Å². The van der Waals surface area contributed by atoms with Gasteiger partial charge in [-0.1, -0.05) is 30.0 Å². The molecule has 1 N–H and O–H groups in total. The summed E-state index contributed by atoms with van der Waals surface area (Å²) in [6.45, 7) is 3.17. The van der Waals surface area contributed by atoms with Crippen LogP contribution in [0.3, 0.4) is 0 Å². The number of amides is 1. The SMILES string of the molecule is CC(=O)c1cccc(NC(=O)[C@@H](C)Sc2nnnn2-c2cccc(F)c2)c1. The summed E-state index contributed by atoms with van der Waals surface area (Å²) >= 11 is 1.14. The molecular weight excluding hydrogens is 369 g/mol. The molecule has 0 aliphatic carbocycles. The van der Waals surface area contributed by atoms with Gasteiger partial charge in [0, 0.05) is 11.3 Å². The lowest BCUT2D eigenvalue weighted by atomic mass is 10.1. The summed E-state index contributed by atoms with van der Waals surface area (Å²) in [6.07, 6.45) is 0. The maximum atomic E-state index is 13.4. The van der Waals surface area contributed by atoms with Crippen molar-refractivity contribution in [1.82, 2.24) is 20.2 Å². The number of thioether (sulfide) groups is 1. The zero-order valence-electron chi connectivity index (χ0n) is 14.6. The minimum atomic E-state index is -0.524. The lowest BCUT2D eigenvalue weighted by Crippen LogP contribution is -2.23. The van der Waals surface area contributed by atoms with Gasteiger partial charge < -0.3 is 5.32 Å². The Hall–Kier alpha value is -3.07. The number of hydrogen-bond acceptors (Lipinski definition) is 6. The van der Waals surface area contributed by atoms with E-state index < -0.39 is 11.1 Å². The van der Waals surface area contributed by atoms with Gasteiger partial charge in [-0.15, -0.1) is 5.10 Å². The van der Waals surface area contributed by atoms with E-state index in [2.05, 4.69) is 20.8 Å². The van der Waals surface area contributed by atoms with Gasteiger partial charge in [-0.2, -0.15) is 4.68 Å². The van der Waals surface area contributed by atoms with Gasteiger partial charge >= 0.3 is 0 Å². The van der Waals surface area contributed by atoms with Gasteiger partial charge in [0.25, 0.3) is 0 Å². The van der Waals surface area contributed by atoms with Crippen molar-refractivity contribution in [3.63, 3.8) is 0 Å². The molecule has 1 amide bonds. The van der Waals surface area contributed by atoms with Gasteiger partial charge in [0.15, 0.2) is 5.78 Å². The van der Waals surface area contributed by atoms with E-state index in [1.165, 1.54) is 23.7 Å². The van der Waals surface area contributed by atoms with Crippen LogP contribution in [0.25, 0.3) is 5.69 Å². The number of Topliss-reactive ketones (excluding diaryl/α,β-unsaturated/α-hetero) is 1. The van der Waals surface area contributed by atoms with Crippen molar-refractivity contribution in [1.29, 1.82) is 0 Å². The maximum Gasteiger partial charge on any atom is 0.237 e. The number of benzene rings is 2. The van der Waals surface area contributed by atoms with Crippen molar-refractivity contribution in [2.24, 2.45) is 0 Å². The number of ketones is 1. The quantitative estimate of drug-likeness (QED) is 0.518. The molecule has 0 radical (unpaired) electrons. The molecule has 1 atom stereocenters. The second kappa shape index (κ2) is 8.09. The Balaban J connectivity index is 1.72. The molecule has 0 aliphatic heterocycles. The molecule has 27 heavy (non-hydrogen) atoms. The molecule has 1 heterocycles. The third-order valence-electron chi connectivity index (χ3n) is 3.68. The first kappa shape index (κ1) is 18.7. The topological polar surface area (TPSA) is 89.8 Å². The number of nitrogens with one attached hydrogen (secondary N) is 1. The van der Waals surface area contributed by atoms with Crippen LogP contribution < -0.4 is 5.32 Å². The molecule has 3 aromatic rings. The highest BCUT2D eigenvalue weighted by molar-refractivity contribution is 8.00. The Morgan fingerprint density at radius 3 is 2.70 bits per heavy atom. The number of aromatic nitrogens is 4. The predicted molar refractivity (Wildman–Crippen MR) is 99.5 cm³/mol. The fraction of sp³-hybridized carbons (Fsp3) is 0.167. The molecular formula is C18H16FN5O2S. The highest BCUT2D eigenvalue weighted by Gasteiger charge is 2.19. The summed E-state index contributed by atoms with van der Waals surface area (Å²) < 4.78 is 14.8. The molecule has 0 spiro atoms. The van der Waals surface area contributed by atoms with Gasteiger partial charge in [-0.3, -0.25) is 9.59 Å². The highest BCUT2D eigenvalue weighted by Crippen LogP contribution is 2.24. The largest absolute Gasteiger partial charge is 0.325 e. The summed E-state index contributed by atoms with van der Waals surface area (Å²) in [4.78, 5) is 23.9. The Morgan fingerprint density at radius 1 is 1.19 bits per heavy atom. The van der Waals surface area contributed by atoms with Gasteiger partial charge in [0.05, 0.1) is 10.9 Å². The Morgan fingerprint density at radius 2 is 1.96 bits per heavy atom. The molecule has 1 aromatic heterocycles. The first-order valence-corrected chi connectivity index (χ1v) is 8.95. The van der Waals surface area contributed by atoms with E-state index in [0.29, 0.717) is 22.1 Å². The van der Waals surface area contributed by atoms with Gasteiger partial charge in [0.2, 0.25) is 11.1 Å². The minimum Gasteiger partial charge on any atom is -0.325 e. The number of anilines is 1. The van der Waals surface area contributed by atoms with Gasteiger partial charge in [-0.05, 0) is 54.6 Å². The Kier molecular flexibility index (Phi) is 5.60. The van der Waals surface area contributed by atoms with Crippen molar-refractivity contribution in [2.45, 2.75) is 24.3 Å². The third-order valence-corrected chi connectivity index (χ3v) is 4.71. The van der Waals surface area contributed by atoms with Crippen LogP contribution in [0.15, 0.2) is 53.7 Å². The molecule has 7 nitrogen and oxygen atoms in total. The molecule has 0 unspecified atom stereocenters. The lowest BCUT2D eigenvalue weighted by Gasteiger charge is -2.12. The van der Waals surface area contributed by atoms with E-state index in [0.717, 1.165) is 11.8 Å². The predicted octanol–water partition coefficient (Wildman–Crippen LogP) is 3.12. The van der Waals surface area contributed by atoms with E-state index in [4.69, 9.17) is 0 Å². The average Bonchev–Trinajstić information content (AvgIpc) is 3.10. The lowest BCUT2D eigenvalue weighted by molar-refractivity contribution is -0.115. The zero-order chi connectivity index (χ0) is 19.4. The summed E-state index contributed by atoms with van der Waals surface area (Å²) in [5, 5.41) is 14.0. The minimum absolute atomic E-state index is 0.0807. The van der Waals surface area contributed by atoms with Crippen molar-refractivity contribution in [2.75, 3.05) is 5.32 Å². The molecule has 0 aliphatic rings. The van der Waals surface area contributed by atoms with E-state index in [-0.39, 0.29) is 11.7 Å². The fourth-order valence-electron chi connectivity index (χ4n) is 2.29. The molecule has 138 valence electrons. The molecule has 0 fully saturated rings. The van der Waals surface area contributed by atoms with Crippen LogP contribution in [0.1, 0.15) is 24.2 Å². The molecule has 0 bridgehead atoms. The Labute approximate surface area is 159 Å². The smallest absolute Gasteiger partial charge is 0.237 e. The first-order valence-electron chi connectivity index (χ1n) is 8.07. The van der Waals surface area contributed by atoms with Gasteiger partial charge in [0.1, 0.15) is 5.82 Å². The van der Waals surface area contributed by atoms with E-state index in [1.807, 2.05) is 0 Å². The number of hydrogen-bond donors (Lipinski definition) is 1. The Bertz CT molecular complexity index is 991. The van der Waals surface area contributed by atoms with Crippen LogP contribution in [-0.2, 0) is 4.79 Å². The standard InChI is InChI=1S/C18H16FN5O2S/c1-11(25)13-5-3-7-15(9-13)20-17(26)12(2)27-18-21-22-23-24(18)16-8-4-6-14(19)10-16/h3-10,12H,1-2H3,(H,20,26)/t12-/m1/s1. The van der Waals surface area contributed by atoms with Crippen molar-refractivity contribution < 1.29 is 14.0 Å². The molecule has 9 heteroatoms. The number of carbonyl (C=O) groups is 2. The van der Waals surface area contributed by atoms with Crippen molar-refractivity contribution >= 4 is 29.1 Å². The summed E-state index contributed by atoms with van der Waals surface area (Å²) in [5.74, 6) is -0.757. The van der Waals surface area contributed by atoms with E-state index in [1.54, 1.807) is 43.3 Å². The molecule has 0 saturated carbocycles. The monoisotopic (exact) mass is 385 g/mol. The maximum absolute atomic E-state index is 13.4. The number of rotatable bonds is 6. The van der Waals surface area contributed by atoms with E-state index in [9.17, 15) is 14.0 Å². The number of nitrogens with zero attached hydrogens (tertiary/aromatic N) is 4. The van der Waals surface area contributed by atoms with E-state index >= 15 is 0 Å². The first-order chi connectivity index (χ1) is 12.9. The summed E-state index contributed by atoms with van der Waals surface area (Å²) in [6, 6.07) is 12.6. The summed E-state index contributed by atoms with van der Waals surface area (Å²) in [5.41, 5.74) is 1.51. The highest BCUT2D eigenvalue weighted by atomic mass is 32.2. The van der Waals surface area contributed by atoms with Crippen LogP contribution in [0.2, 0.25) is 0 Å². The number of carbonyl (C=O) groups excluding carboxylic acids is 2. The van der Waals surface area contributed by atoms with Crippen LogP contribution in [-0.4, -0.2) is 37.1 Å². The van der Waals surface area contributed by atoms with Crippen LogP contribution in [0, 0.1) is 5.82 Å². The number of tetrazole rings is 1. The van der Waals surface area contributed by atoms with Crippen molar-refractivity contribution in [3.05, 3.63) is 59.9 Å². The summed E-state index contributed by atoms with van der Waals surface area (Å²) in [7, 11) is 0. The second-order valence-corrected chi connectivity index (χ2v) is 7.05. The molecule has 2 aromatic carbocycles. The van der Waals surface area contributed by atoms with Crippen molar-refractivity contribution in [3.8, 4) is 5.69 Å². The second-order valence-electron chi connectivity index (χ2n) is 5.74. The van der Waals surface area contributed by atoms with Crippen LogP contribution in [0.5, 0.6) is 0 Å². The number of halogens is 1. The van der Waals surface area contributed by atoms with Crippen LogP contribution in [0.4, 0.5) is 10.1 Å². The third kappa shape index (κ3) is 4.56. The fourth-order valence-corrected chi connectivity index (χ4v) is 3.10. The zero-order valence-corrected chi connectivity index (χ0v) is 15.4. The molecule has 3 rings (SSSR count).